The zero-order chi connectivity index (χ0) is 16.4. The van der Waals surface area contributed by atoms with Crippen molar-refractivity contribution in [3.63, 3.8) is 0 Å². The lowest BCUT2D eigenvalue weighted by Gasteiger charge is -2.12. The van der Waals surface area contributed by atoms with E-state index in [0.717, 1.165) is 10.9 Å². The summed E-state index contributed by atoms with van der Waals surface area (Å²) in [6, 6.07) is 14.9. The van der Waals surface area contributed by atoms with Gasteiger partial charge in [-0.1, -0.05) is 48.5 Å². The first kappa shape index (κ1) is 15.1. The van der Waals surface area contributed by atoms with Gasteiger partial charge in [0.05, 0.1) is 5.56 Å². The lowest BCUT2D eigenvalue weighted by molar-refractivity contribution is 1.28. The first-order chi connectivity index (χ1) is 11.1. The first-order valence-electron chi connectivity index (χ1n) is 6.97. The maximum atomic E-state index is 12.5. The minimum atomic E-state index is -0.304. The van der Waals surface area contributed by atoms with Crippen LogP contribution in [-0.4, -0.2) is 10.8 Å². The molecule has 23 heavy (non-hydrogen) atoms. The van der Waals surface area contributed by atoms with Crippen molar-refractivity contribution in [2.24, 2.45) is 10.7 Å². The molecular weight excluding hydrogens is 310 g/mol. The average Bonchev–Trinajstić information content (AvgIpc) is 2.55. The number of nitrogens with one attached hydrogen (secondary N) is 1. The van der Waals surface area contributed by atoms with E-state index < -0.39 is 0 Å². The highest BCUT2D eigenvalue weighted by Gasteiger charge is 2.17. The van der Waals surface area contributed by atoms with Crippen molar-refractivity contribution in [1.82, 2.24) is 4.98 Å². The molecule has 0 aliphatic rings. The van der Waals surface area contributed by atoms with E-state index in [1.165, 1.54) is 6.20 Å². The first-order valence-corrected chi connectivity index (χ1v) is 7.35. The maximum Gasteiger partial charge on any atom is 0.260 e. The van der Waals surface area contributed by atoms with Crippen molar-refractivity contribution in [2.75, 3.05) is 0 Å². The topological polar surface area (TPSA) is 71.2 Å². The molecule has 0 aliphatic heterocycles. The number of benzene rings is 2. The molecule has 0 atom stereocenters. The summed E-state index contributed by atoms with van der Waals surface area (Å²) in [5, 5.41) is 1.38. The smallest absolute Gasteiger partial charge is 0.260 e. The Balaban J connectivity index is 2.51. The van der Waals surface area contributed by atoms with Gasteiger partial charge < -0.3 is 10.7 Å². The summed E-state index contributed by atoms with van der Waals surface area (Å²) < 4.78 is 0. The van der Waals surface area contributed by atoms with Gasteiger partial charge in [-0.05, 0) is 23.8 Å². The van der Waals surface area contributed by atoms with Gasteiger partial charge in [0, 0.05) is 27.7 Å². The second-order valence-corrected chi connectivity index (χ2v) is 5.39. The Morgan fingerprint density at radius 3 is 2.65 bits per heavy atom. The molecule has 0 saturated heterocycles. The van der Waals surface area contributed by atoms with Crippen LogP contribution >= 0.6 is 11.6 Å². The Bertz CT molecular complexity index is 975. The molecule has 3 rings (SSSR count). The van der Waals surface area contributed by atoms with Crippen molar-refractivity contribution >= 4 is 28.3 Å². The van der Waals surface area contributed by atoms with E-state index in [0.29, 0.717) is 21.7 Å². The molecule has 0 saturated carbocycles. The summed E-state index contributed by atoms with van der Waals surface area (Å²) in [4.78, 5) is 19.3. The third kappa shape index (κ3) is 2.76. The molecule has 3 N–H and O–H groups in total. The van der Waals surface area contributed by atoms with E-state index in [4.69, 9.17) is 17.3 Å². The van der Waals surface area contributed by atoms with Crippen molar-refractivity contribution < 1.29 is 0 Å². The SMILES string of the molecule is C=CN=C(N)c1c(-c2ccccc2)c2cc(Cl)ccc2[nH]c1=O. The summed E-state index contributed by atoms with van der Waals surface area (Å²) >= 11 is 6.14. The van der Waals surface area contributed by atoms with E-state index in [-0.39, 0.29) is 11.4 Å². The number of hydrogen-bond acceptors (Lipinski definition) is 2. The Hall–Kier alpha value is -2.85. The molecule has 4 nitrogen and oxygen atoms in total. The van der Waals surface area contributed by atoms with Crippen LogP contribution in [0.3, 0.4) is 0 Å². The van der Waals surface area contributed by atoms with Crippen LogP contribution in [0.15, 0.2) is 71.1 Å². The van der Waals surface area contributed by atoms with Crippen LogP contribution in [0, 0.1) is 0 Å². The van der Waals surface area contributed by atoms with E-state index in [1.54, 1.807) is 18.2 Å². The van der Waals surface area contributed by atoms with E-state index in [1.807, 2.05) is 30.3 Å². The molecule has 0 fully saturated rings. The number of rotatable bonds is 3. The number of halogens is 1. The average molecular weight is 324 g/mol. The predicted molar refractivity (Wildman–Crippen MR) is 95.9 cm³/mol. The molecule has 5 heteroatoms. The minimum absolute atomic E-state index is 0.113. The van der Waals surface area contributed by atoms with E-state index in [2.05, 4.69) is 16.6 Å². The second-order valence-electron chi connectivity index (χ2n) is 4.96. The molecule has 0 bridgehead atoms. The number of aliphatic imine (C=N–C) groups is 1. The summed E-state index contributed by atoms with van der Waals surface area (Å²) in [5.41, 5.74) is 8.26. The number of aromatic amines is 1. The lowest BCUT2D eigenvalue weighted by Crippen LogP contribution is -2.25. The normalized spacial score (nSPS) is 11.6. The summed E-state index contributed by atoms with van der Waals surface area (Å²) in [6.45, 7) is 3.53. The molecule has 0 amide bonds. The Kier molecular flexibility index (Phi) is 4.00. The minimum Gasteiger partial charge on any atom is -0.383 e. The molecule has 0 aliphatic carbocycles. The molecule has 1 aromatic heterocycles. The number of hydrogen-bond donors (Lipinski definition) is 2. The highest BCUT2D eigenvalue weighted by atomic mass is 35.5. The van der Waals surface area contributed by atoms with Crippen molar-refractivity contribution in [1.29, 1.82) is 0 Å². The monoisotopic (exact) mass is 323 g/mol. The van der Waals surface area contributed by atoms with Gasteiger partial charge >= 0.3 is 0 Å². The highest BCUT2D eigenvalue weighted by molar-refractivity contribution is 6.31. The zero-order valence-corrected chi connectivity index (χ0v) is 13.0. The van der Waals surface area contributed by atoms with Crippen LogP contribution in [-0.2, 0) is 0 Å². The third-order valence-electron chi connectivity index (χ3n) is 3.53. The van der Waals surface area contributed by atoms with Gasteiger partial charge in [-0.25, -0.2) is 4.99 Å². The van der Waals surface area contributed by atoms with Gasteiger partial charge in [0.15, 0.2) is 0 Å². The van der Waals surface area contributed by atoms with Crippen LogP contribution in [0.25, 0.3) is 22.0 Å². The number of amidine groups is 1. The van der Waals surface area contributed by atoms with Crippen LogP contribution in [0.5, 0.6) is 0 Å². The fourth-order valence-electron chi connectivity index (χ4n) is 2.58. The van der Waals surface area contributed by atoms with Crippen LogP contribution in [0.4, 0.5) is 0 Å². The van der Waals surface area contributed by atoms with Crippen LogP contribution in [0.1, 0.15) is 5.56 Å². The molecular formula is C18H14ClN3O. The van der Waals surface area contributed by atoms with Gasteiger partial charge in [0.2, 0.25) is 0 Å². The van der Waals surface area contributed by atoms with Gasteiger partial charge in [0.25, 0.3) is 5.56 Å². The van der Waals surface area contributed by atoms with Gasteiger partial charge in [-0.2, -0.15) is 0 Å². The Labute approximate surface area is 137 Å². The molecule has 0 unspecified atom stereocenters. The maximum absolute atomic E-state index is 12.5. The molecule has 1 heterocycles. The fraction of sp³-hybridized carbons (Fsp3) is 0. The third-order valence-corrected chi connectivity index (χ3v) is 3.76. The molecule has 3 aromatic rings. The molecule has 114 valence electrons. The second kappa shape index (κ2) is 6.10. The standard InChI is InChI=1S/C18H14ClN3O/c1-2-21-17(20)16-15(11-6-4-3-5-7-11)13-10-12(19)8-9-14(13)22-18(16)23/h2-10H,1H2,(H2,20,21)(H,22,23). The fourth-order valence-corrected chi connectivity index (χ4v) is 2.75. The number of fused-ring (bicyclic) bond motifs is 1. The quantitative estimate of drug-likeness (QED) is 0.570. The van der Waals surface area contributed by atoms with Gasteiger partial charge in [-0.15, -0.1) is 0 Å². The van der Waals surface area contributed by atoms with Crippen LogP contribution in [0.2, 0.25) is 5.02 Å². The highest BCUT2D eigenvalue weighted by Crippen LogP contribution is 2.31. The summed E-state index contributed by atoms with van der Waals surface area (Å²) in [7, 11) is 0. The van der Waals surface area contributed by atoms with E-state index >= 15 is 0 Å². The van der Waals surface area contributed by atoms with Crippen molar-refractivity contribution in [3.05, 3.63) is 82.2 Å². The molecule has 0 radical (unpaired) electrons. The van der Waals surface area contributed by atoms with Gasteiger partial charge in [-0.3, -0.25) is 4.79 Å². The van der Waals surface area contributed by atoms with Crippen molar-refractivity contribution in [2.45, 2.75) is 0 Å². The lowest BCUT2D eigenvalue weighted by atomic mass is 9.95. The number of nitrogens with two attached hydrogens (primary N) is 1. The largest absolute Gasteiger partial charge is 0.383 e. The Morgan fingerprint density at radius 2 is 1.96 bits per heavy atom. The number of aromatic nitrogens is 1. The zero-order valence-electron chi connectivity index (χ0n) is 12.2. The van der Waals surface area contributed by atoms with Gasteiger partial charge in [0.1, 0.15) is 5.84 Å². The summed E-state index contributed by atoms with van der Waals surface area (Å²) in [6.07, 6.45) is 1.31. The molecule has 2 aromatic carbocycles. The Morgan fingerprint density at radius 1 is 1.22 bits per heavy atom. The number of nitrogens with zero attached hydrogens (tertiary/aromatic N) is 1. The predicted octanol–water partition coefficient (Wildman–Crippen LogP) is 3.70. The number of pyridine rings is 1. The van der Waals surface area contributed by atoms with Crippen molar-refractivity contribution in [3.8, 4) is 11.1 Å². The van der Waals surface area contributed by atoms with E-state index in [9.17, 15) is 4.79 Å². The molecule has 0 spiro atoms. The van der Waals surface area contributed by atoms with Crippen LogP contribution < -0.4 is 11.3 Å². The number of H-pyrrole nitrogens is 1. The summed E-state index contributed by atoms with van der Waals surface area (Å²) in [5.74, 6) is 0.113.